The first kappa shape index (κ1) is 21.6. The fourth-order valence-electron chi connectivity index (χ4n) is 2.24. The van der Waals surface area contributed by atoms with Gasteiger partial charge in [-0.1, -0.05) is 49.9 Å². The average molecular weight is 391 g/mol. The zero-order valence-electron chi connectivity index (χ0n) is 14.6. The van der Waals surface area contributed by atoms with E-state index >= 15 is 0 Å². The van der Waals surface area contributed by atoms with Crippen LogP contribution in [0.3, 0.4) is 0 Å². The summed E-state index contributed by atoms with van der Waals surface area (Å²) in [4.78, 5) is 14.5. The summed E-state index contributed by atoms with van der Waals surface area (Å²) in [5.41, 5.74) is 0.572. The Morgan fingerprint density at radius 3 is 2.42 bits per heavy atom. The SMILES string of the molecule is CCCCN(CCCC)CCSCC(=O)Nc1cc(Cl)ccc1Cl. The Balaban J connectivity index is 2.29. The number of hydrogen-bond donors (Lipinski definition) is 1. The lowest BCUT2D eigenvalue weighted by atomic mass is 10.2. The van der Waals surface area contributed by atoms with Crippen molar-refractivity contribution in [2.75, 3.05) is 36.5 Å². The van der Waals surface area contributed by atoms with E-state index in [9.17, 15) is 4.79 Å². The molecule has 24 heavy (non-hydrogen) atoms. The zero-order valence-corrected chi connectivity index (χ0v) is 16.9. The molecule has 1 aromatic rings. The lowest BCUT2D eigenvalue weighted by molar-refractivity contribution is -0.113. The van der Waals surface area contributed by atoms with Gasteiger partial charge in [0.05, 0.1) is 16.5 Å². The van der Waals surface area contributed by atoms with Crippen molar-refractivity contribution in [3.05, 3.63) is 28.2 Å². The predicted octanol–water partition coefficient (Wildman–Crippen LogP) is 5.57. The molecular weight excluding hydrogens is 363 g/mol. The molecule has 1 N–H and O–H groups in total. The van der Waals surface area contributed by atoms with Crippen LogP contribution >= 0.6 is 35.0 Å². The molecule has 0 atom stereocenters. The number of anilines is 1. The highest BCUT2D eigenvalue weighted by Gasteiger charge is 2.08. The Labute approximate surface area is 160 Å². The molecule has 1 rings (SSSR count). The Morgan fingerprint density at radius 1 is 1.12 bits per heavy atom. The summed E-state index contributed by atoms with van der Waals surface area (Å²) in [6, 6.07) is 5.06. The maximum Gasteiger partial charge on any atom is 0.234 e. The van der Waals surface area contributed by atoms with Gasteiger partial charge >= 0.3 is 0 Å². The zero-order chi connectivity index (χ0) is 17.8. The Morgan fingerprint density at radius 2 is 1.79 bits per heavy atom. The highest BCUT2D eigenvalue weighted by molar-refractivity contribution is 7.99. The Bertz CT molecular complexity index is 492. The molecule has 3 nitrogen and oxygen atoms in total. The van der Waals surface area contributed by atoms with E-state index < -0.39 is 0 Å². The number of thioether (sulfide) groups is 1. The minimum absolute atomic E-state index is 0.0437. The second-order valence-electron chi connectivity index (χ2n) is 5.77. The summed E-state index contributed by atoms with van der Waals surface area (Å²) >= 11 is 13.6. The second-order valence-corrected chi connectivity index (χ2v) is 7.72. The third-order valence-corrected chi connectivity index (χ3v) is 5.15. The van der Waals surface area contributed by atoms with Gasteiger partial charge in [-0.2, -0.15) is 11.8 Å². The Hall–Kier alpha value is -0.420. The monoisotopic (exact) mass is 390 g/mol. The molecule has 0 aromatic heterocycles. The molecule has 0 bridgehead atoms. The molecular formula is C18H28Cl2N2OS. The normalized spacial score (nSPS) is 11.0. The van der Waals surface area contributed by atoms with Crippen molar-refractivity contribution in [1.82, 2.24) is 4.90 Å². The van der Waals surface area contributed by atoms with E-state index in [-0.39, 0.29) is 5.91 Å². The smallest absolute Gasteiger partial charge is 0.234 e. The quantitative estimate of drug-likeness (QED) is 0.473. The van der Waals surface area contributed by atoms with Crippen molar-refractivity contribution in [1.29, 1.82) is 0 Å². The lowest BCUT2D eigenvalue weighted by Gasteiger charge is -2.21. The third-order valence-electron chi connectivity index (χ3n) is 3.64. The van der Waals surface area contributed by atoms with E-state index in [1.54, 1.807) is 30.0 Å². The van der Waals surface area contributed by atoms with E-state index in [4.69, 9.17) is 23.2 Å². The molecule has 0 unspecified atom stereocenters. The van der Waals surface area contributed by atoms with Gasteiger partial charge in [0.15, 0.2) is 0 Å². The molecule has 0 aliphatic carbocycles. The van der Waals surface area contributed by atoms with Crippen LogP contribution in [0.15, 0.2) is 18.2 Å². The second kappa shape index (κ2) is 12.9. The van der Waals surface area contributed by atoms with Crippen molar-refractivity contribution in [3.8, 4) is 0 Å². The number of unbranched alkanes of at least 4 members (excludes halogenated alkanes) is 2. The minimum Gasteiger partial charge on any atom is -0.324 e. The molecule has 1 amide bonds. The van der Waals surface area contributed by atoms with Gasteiger partial charge in [-0.15, -0.1) is 0 Å². The topological polar surface area (TPSA) is 32.3 Å². The fraction of sp³-hybridized carbons (Fsp3) is 0.611. The first-order valence-electron chi connectivity index (χ1n) is 8.61. The molecule has 0 fully saturated rings. The predicted molar refractivity (Wildman–Crippen MR) is 109 cm³/mol. The number of amides is 1. The number of halogens is 2. The van der Waals surface area contributed by atoms with Crippen molar-refractivity contribution in [3.63, 3.8) is 0 Å². The highest BCUT2D eigenvalue weighted by atomic mass is 35.5. The van der Waals surface area contributed by atoms with Gasteiger partial charge in [-0.3, -0.25) is 4.79 Å². The largest absolute Gasteiger partial charge is 0.324 e. The maximum atomic E-state index is 12.0. The van der Waals surface area contributed by atoms with Gasteiger partial charge in [-0.25, -0.2) is 0 Å². The highest BCUT2D eigenvalue weighted by Crippen LogP contribution is 2.25. The molecule has 0 saturated carbocycles. The summed E-state index contributed by atoms with van der Waals surface area (Å²) < 4.78 is 0. The van der Waals surface area contributed by atoms with Crippen LogP contribution in [0.4, 0.5) is 5.69 Å². The summed E-state index contributed by atoms with van der Waals surface area (Å²) in [5.74, 6) is 1.35. The summed E-state index contributed by atoms with van der Waals surface area (Å²) in [7, 11) is 0. The first-order chi connectivity index (χ1) is 11.6. The van der Waals surface area contributed by atoms with E-state index in [1.807, 2.05) is 0 Å². The molecule has 0 spiro atoms. The van der Waals surface area contributed by atoms with Gasteiger partial charge < -0.3 is 10.2 Å². The Kier molecular flexibility index (Phi) is 11.6. The molecule has 6 heteroatoms. The average Bonchev–Trinajstić information content (AvgIpc) is 2.56. The van der Waals surface area contributed by atoms with Crippen LogP contribution in [-0.4, -0.2) is 41.9 Å². The molecule has 0 saturated heterocycles. The molecule has 0 aliphatic heterocycles. The van der Waals surface area contributed by atoms with Crippen LogP contribution in [-0.2, 0) is 4.79 Å². The van der Waals surface area contributed by atoms with Crippen LogP contribution in [0.25, 0.3) is 0 Å². The van der Waals surface area contributed by atoms with Crippen LogP contribution < -0.4 is 5.32 Å². The molecule has 136 valence electrons. The summed E-state index contributed by atoms with van der Waals surface area (Å²) in [6.07, 6.45) is 4.92. The fourth-order valence-corrected chi connectivity index (χ4v) is 3.36. The van der Waals surface area contributed by atoms with Crippen LogP contribution in [0.5, 0.6) is 0 Å². The van der Waals surface area contributed by atoms with Gasteiger partial charge in [0.2, 0.25) is 5.91 Å². The van der Waals surface area contributed by atoms with Crippen molar-refractivity contribution >= 4 is 46.6 Å². The number of rotatable bonds is 12. The number of hydrogen-bond acceptors (Lipinski definition) is 3. The third kappa shape index (κ3) is 9.16. The molecule has 0 aliphatic rings. The maximum absolute atomic E-state index is 12.0. The molecule has 0 radical (unpaired) electrons. The molecule has 0 heterocycles. The number of nitrogens with one attached hydrogen (secondary N) is 1. The summed E-state index contributed by atoms with van der Waals surface area (Å²) in [5, 5.41) is 3.88. The van der Waals surface area contributed by atoms with E-state index in [1.165, 1.54) is 25.7 Å². The standard InChI is InChI=1S/C18H28Cl2N2OS/c1-3-5-9-22(10-6-4-2)11-12-24-14-18(23)21-17-13-15(19)7-8-16(17)20/h7-8,13H,3-6,9-12,14H2,1-2H3,(H,21,23). The van der Waals surface area contributed by atoms with Crippen molar-refractivity contribution in [2.45, 2.75) is 39.5 Å². The van der Waals surface area contributed by atoms with Crippen LogP contribution in [0, 0.1) is 0 Å². The van der Waals surface area contributed by atoms with Gasteiger partial charge in [-0.05, 0) is 44.1 Å². The van der Waals surface area contributed by atoms with Crippen molar-refractivity contribution < 1.29 is 4.79 Å². The molecule has 1 aromatic carbocycles. The van der Waals surface area contributed by atoms with Crippen LogP contribution in [0.1, 0.15) is 39.5 Å². The van der Waals surface area contributed by atoms with E-state index in [2.05, 4.69) is 24.1 Å². The summed E-state index contributed by atoms with van der Waals surface area (Å²) in [6.45, 7) is 7.79. The van der Waals surface area contributed by atoms with Gasteiger partial charge in [0, 0.05) is 17.3 Å². The van der Waals surface area contributed by atoms with E-state index in [0.717, 1.165) is 25.4 Å². The van der Waals surface area contributed by atoms with Crippen LogP contribution in [0.2, 0.25) is 10.0 Å². The first-order valence-corrected chi connectivity index (χ1v) is 10.5. The van der Waals surface area contributed by atoms with Gasteiger partial charge in [0.25, 0.3) is 0 Å². The number of carbonyl (C=O) groups excluding carboxylic acids is 1. The number of carbonyl (C=O) groups is 1. The number of benzene rings is 1. The van der Waals surface area contributed by atoms with E-state index in [0.29, 0.717) is 21.5 Å². The number of nitrogens with zero attached hydrogens (tertiary/aromatic N) is 1. The lowest BCUT2D eigenvalue weighted by Crippen LogP contribution is -2.28. The minimum atomic E-state index is -0.0437. The van der Waals surface area contributed by atoms with Gasteiger partial charge in [0.1, 0.15) is 0 Å². The van der Waals surface area contributed by atoms with Crippen molar-refractivity contribution in [2.24, 2.45) is 0 Å².